The van der Waals surface area contributed by atoms with Crippen LogP contribution in [0.3, 0.4) is 0 Å². The second-order valence-corrected chi connectivity index (χ2v) is 11.8. The van der Waals surface area contributed by atoms with Crippen LogP contribution in [0.1, 0.15) is 111 Å². The Kier molecular flexibility index (Phi) is 16.2. The normalized spacial score (nSPS) is 23.8. The molecular weight excluding hydrogens is 486 g/mol. The molecule has 38 heavy (non-hydrogen) atoms. The van der Waals surface area contributed by atoms with Crippen molar-refractivity contribution in [1.82, 2.24) is 21.3 Å². The van der Waals surface area contributed by atoms with Gasteiger partial charge >= 0.3 is 0 Å². The van der Waals surface area contributed by atoms with Gasteiger partial charge in [0, 0.05) is 0 Å². The summed E-state index contributed by atoms with van der Waals surface area (Å²) in [7, 11) is 0. The van der Waals surface area contributed by atoms with E-state index >= 15 is 0 Å². The van der Waals surface area contributed by atoms with Gasteiger partial charge in [0.25, 0.3) is 5.91 Å². The molecule has 0 aromatic carbocycles. The third-order valence-electron chi connectivity index (χ3n) is 6.82. The Morgan fingerprint density at radius 1 is 0.763 bits per heavy atom. The molecule has 7 N–H and O–H groups in total. The average Bonchev–Trinajstić information content (AvgIpc) is 2.85. The van der Waals surface area contributed by atoms with Crippen LogP contribution in [0, 0.1) is 5.41 Å². The molecule has 1 fully saturated rings. The number of rotatable bonds is 14. The second kappa shape index (κ2) is 18.2. The number of carbonyl (C=O) groups is 4. The van der Waals surface area contributed by atoms with E-state index in [0.29, 0.717) is 38.6 Å². The maximum absolute atomic E-state index is 13.4. The zero-order chi connectivity index (χ0) is 28.6. The van der Waals surface area contributed by atoms with Crippen molar-refractivity contribution in [2.75, 3.05) is 13.1 Å². The lowest BCUT2D eigenvalue weighted by atomic mass is 9.87. The third-order valence-corrected chi connectivity index (χ3v) is 6.82. The number of aliphatic hydroxyl groups is 1. The number of nitrogens with two attached hydrogens (primary N) is 1. The lowest BCUT2D eigenvalue weighted by Gasteiger charge is -2.30. The van der Waals surface area contributed by atoms with Crippen LogP contribution in [0.4, 0.5) is 0 Å². The van der Waals surface area contributed by atoms with Crippen molar-refractivity contribution in [2.45, 2.75) is 135 Å². The van der Waals surface area contributed by atoms with Gasteiger partial charge in [-0.2, -0.15) is 0 Å². The van der Waals surface area contributed by atoms with E-state index in [0.717, 1.165) is 25.7 Å². The van der Waals surface area contributed by atoms with Crippen LogP contribution in [-0.2, 0) is 19.2 Å². The first kappa shape index (κ1) is 33.8. The van der Waals surface area contributed by atoms with Gasteiger partial charge in [-0.15, -0.1) is 0 Å². The number of hydrogen-bond acceptors (Lipinski definition) is 6. The first-order valence-corrected chi connectivity index (χ1v) is 14.5. The molecular formula is C28H53N5O5. The van der Waals surface area contributed by atoms with Crippen molar-refractivity contribution in [2.24, 2.45) is 11.1 Å². The molecule has 1 saturated heterocycles. The SMILES string of the molecule is CCCCCCCCCC[C@@H]1NC(=O)[C@H](CC(C)(C)C)NC(=O)[C@H](CCCCN)NC(=O)CNC(=O)[C@H]1O. The molecule has 4 atom stereocenters. The number of carbonyl (C=O) groups excluding carboxylic acids is 4. The van der Waals surface area contributed by atoms with E-state index in [1.54, 1.807) is 0 Å². The Labute approximate surface area is 229 Å². The highest BCUT2D eigenvalue weighted by Crippen LogP contribution is 2.22. The highest BCUT2D eigenvalue weighted by molar-refractivity contribution is 5.94. The lowest BCUT2D eigenvalue weighted by molar-refractivity contribution is -0.135. The molecule has 1 aliphatic rings. The summed E-state index contributed by atoms with van der Waals surface area (Å²) in [4.78, 5) is 51.8. The van der Waals surface area contributed by atoms with E-state index in [-0.39, 0.29) is 12.0 Å². The van der Waals surface area contributed by atoms with Crippen molar-refractivity contribution in [3.8, 4) is 0 Å². The molecule has 0 saturated carbocycles. The summed E-state index contributed by atoms with van der Waals surface area (Å²) in [5.74, 6) is -2.17. The van der Waals surface area contributed by atoms with E-state index < -0.39 is 47.9 Å². The van der Waals surface area contributed by atoms with Crippen molar-refractivity contribution in [1.29, 1.82) is 0 Å². The molecule has 0 aromatic rings. The molecule has 0 radical (unpaired) electrons. The Balaban J connectivity index is 3.02. The summed E-state index contributed by atoms with van der Waals surface area (Å²) in [6.45, 7) is 8.18. The lowest BCUT2D eigenvalue weighted by Crippen LogP contribution is -2.57. The van der Waals surface area contributed by atoms with Gasteiger partial charge in [0.15, 0.2) is 6.10 Å². The molecule has 220 valence electrons. The molecule has 0 spiro atoms. The number of hydrogen-bond donors (Lipinski definition) is 6. The predicted molar refractivity (Wildman–Crippen MR) is 149 cm³/mol. The molecule has 4 amide bonds. The molecule has 1 heterocycles. The maximum Gasteiger partial charge on any atom is 0.251 e. The van der Waals surface area contributed by atoms with Crippen LogP contribution >= 0.6 is 0 Å². The van der Waals surface area contributed by atoms with Gasteiger partial charge in [0.05, 0.1) is 12.6 Å². The van der Waals surface area contributed by atoms with Crippen LogP contribution in [-0.4, -0.2) is 66.1 Å². The standard InChI is InChI=1S/C28H53N5O5/c1-5-6-7-8-9-10-11-12-15-20-24(35)27(38)30-19-23(34)31-21(16-13-14-17-29)25(36)33-22(26(37)32-20)18-28(2,3)4/h20-22,24,35H,5-19,29H2,1-4H3,(H,30,38)(H,31,34)(H,32,37)(H,33,36)/t20-,21-,22-,24-/m0/s1. The smallest absolute Gasteiger partial charge is 0.251 e. The van der Waals surface area contributed by atoms with E-state index in [2.05, 4.69) is 28.2 Å². The molecule has 1 aliphatic heterocycles. The summed E-state index contributed by atoms with van der Waals surface area (Å²) >= 11 is 0. The minimum Gasteiger partial charge on any atom is -0.381 e. The number of unbranched alkanes of at least 4 members (excludes halogenated alkanes) is 8. The van der Waals surface area contributed by atoms with Gasteiger partial charge in [0.2, 0.25) is 17.7 Å². The molecule has 0 bridgehead atoms. The Morgan fingerprint density at radius 3 is 1.95 bits per heavy atom. The Morgan fingerprint density at radius 2 is 1.34 bits per heavy atom. The number of nitrogens with one attached hydrogen (secondary N) is 4. The van der Waals surface area contributed by atoms with Crippen LogP contribution < -0.4 is 27.0 Å². The summed E-state index contributed by atoms with van der Waals surface area (Å²) in [6, 6.07) is -2.57. The fourth-order valence-corrected chi connectivity index (χ4v) is 4.65. The molecule has 1 rings (SSSR count). The molecule has 10 heteroatoms. The van der Waals surface area contributed by atoms with Crippen LogP contribution in [0.25, 0.3) is 0 Å². The van der Waals surface area contributed by atoms with E-state index in [1.807, 2.05) is 20.8 Å². The van der Waals surface area contributed by atoms with E-state index in [4.69, 9.17) is 5.73 Å². The molecule has 10 nitrogen and oxygen atoms in total. The van der Waals surface area contributed by atoms with E-state index in [9.17, 15) is 24.3 Å². The zero-order valence-corrected chi connectivity index (χ0v) is 24.1. The molecule has 0 aliphatic carbocycles. The van der Waals surface area contributed by atoms with Gasteiger partial charge in [-0.25, -0.2) is 0 Å². The molecule has 0 aromatic heterocycles. The maximum atomic E-state index is 13.4. The first-order valence-electron chi connectivity index (χ1n) is 14.5. The summed E-state index contributed by atoms with van der Waals surface area (Å²) in [5.41, 5.74) is 5.29. The summed E-state index contributed by atoms with van der Waals surface area (Å²) < 4.78 is 0. The van der Waals surface area contributed by atoms with Crippen LogP contribution in [0.15, 0.2) is 0 Å². The number of aliphatic hydroxyl groups excluding tert-OH is 1. The largest absolute Gasteiger partial charge is 0.381 e. The summed E-state index contributed by atoms with van der Waals surface area (Å²) in [6.07, 6.45) is 9.67. The van der Waals surface area contributed by atoms with Gasteiger partial charge in [-0.3, -0.25) is 19.2 Å². The number of amides is 4. The van der Waals surface area contributed by atoms with E-state index in [1.165, 1.54) is 25.7 Å². The highest BCUT2D eigenvalue weighted by Gasteiger charge is 2.34. The topological polar surface area (TPSA) is 163 Å². The van der Waals surface area contributed by atoms with Gasteiger partial charge < -0.3 is 32.1 Å². The van der Waals surface area contributed by atoms with Gasteiger partial charge in [-0.05, 0) is 44.1 Å². The zero-order valence-electron chi connectivity index (χ0n) is 24.1. The van der Waals surface area contributed by atoms with Crippen molar-refractivity contribution < 1.29 is 24.3 Å². The third kappa shape index (κ3) is 14.1. The van der Waals surface area contributed by atoms with Crippen LogP contribution in [0.2, 0.25) is 0 Å². The predicted octanol–water partition coefficient (Wildman–Crippen LogP) is 2.03. The van der Waals surface area contributed by atoms with Crippen molar-refractivity contribution >= 4 is 23.6 Å². The minimum absolute atomic E-state index is 0.287. The summed E-state index contributed by atoms with van der Waals surface area (Å²) in [5, 5.41) is 21.6. The average molecular weight is 540 g/mol. The fraction of sp³-hybridized carbons (Fsp3) is 0.857. The Bertz CT molecular complexity index is 740. The van der Waals surface area contributed by atoms with Gasteiger partial charge in [0.1, 0.15) is 12.1 Å². The first-order chi connectivity index (χ1) is 18.0. The van der Waals surface area contributed by atoms with Crippen molar-refractivity contribution in [3.63, 3.8) is 0 Å². The minimum atomic E-state index is -1.51. The Hall–Kier alpha value is -2.20. The quantitative estimate of drug-likeness (QED) is 0.185. The van der Waals surface area contributed by atoms with Crippen LogP contribution in [0.5, 0.6) is 0 Å². The monoisotopic (exact) mass is 539 g/mol. The second-order valence-electron chi connectivity index (χ2n) is 11.8. The molecule has 0 unspecified atom stereocenters. The highest BCUT2D eigenvalue weighted by atomic mass is 16.3. The van der Waals surface area contributed by atoms with Crippen molar-refractivity contribution in [3.05, 3.63) is 0 Å². The van der Waals surface area contributed by atoms with Gasteiger partial charge in [-0.1, -0.05) is 79.1 Å². The fourth-order valence-electron chi connectivity index (χ4n) is 4.65.